The third kappa shape index (κ3) is 2.82. The van der Waals surface area contributed by atoms with Crippen molar-refractivity contribution in [2.45, 2.75) is 25.3 Å². The van der Waals surface area contributed by atoms with E-state index in [2.05, 4.69) is 20.2 Å². The highest BCUT2D eigenvalue weighted by Crippen LogP contribution is 2.38. The maximum absolute atomic E-state index is 12.9. The van der Waals surface area contributed by atoms with E-state index >= 15 is 0 Å². The number of aryl methyl sites for hydroxylation is 1. The number of hydrogen-bond acceptors (Lipinski definition) is 5. The van der Waals surface area contributed by atoms with Gasteiger partial charge in [0.1, 0.15) is 17.5 Å². The molecule has 9 heteroatoms. The molecule has 1 saturated carbocycles. The molecule has 0 saturated heterocycles. The fraction of sp³-hybridized carbons (Fsp3) is 0.278. The Morgan fingerprint density at radius 2 is 2.15 bits per heavy atom. The van der Waals surface area contributed by atoms with Crippen LogP contribution in [0.5, 0.6) is 0 Å². The second kappa shape index (κ2) is 6.02. The highest BCUT2D eigenvalue weighted by Gasteiger charge is 2.28. The molecule has 1 aliphatic rings. The molecule has 0 radical (unpaired) electrons. The molecular weight excluding hydrogens is 366 g/mol. The van der Waals surface area contributed by atoms with Gasteiger partial charge in [-0.25, -0.2) is 14.6 Å². The summed E-state index contributed by atoms with van der Waals surface area (Å²) in [6.07, 6.45) is 5.34. The van der Waals surface area contributed by atoms with E-state index in [9.17, 15) is 4.79 Å². The molecule has 3 aromatic heterocycles. The summed E-state index contributed by atoms with van der Waals surface area (Å²) < 4.78 is 4.88. The third-order valence-corrected chi connectivity index (χ3v) is 4.97. The van der Waals surface area contributed by atoms with E-state index in [1.54, 1.807) is 21.5 Å². The molecule has 3 heterocycles. The highest BCUT2D eigenvalue weighted by atomic mass is 35.5. The summed E-state index contributed by atoms with van der Waals surface area (Å²) >= 11 is 6.06. The molecule has 0 bridgehead atoms. The van der Waals surface area contributed by atoms with E-state index in [0.717, 1.165) is 30.2 Å². The van der Waals surface area contributed by atoms with Gasteiger partial charge in [0.2, 0.25) is 0 Å². The second-order valence-corrected chi connectivity index (χ2v) is 7.17. The SMILES string of the molecule is Cn1nc(C2CC2)nc1Cn1cnc2c(cnn2-c2cccc(Cl)c2)c1=O. The number of fused-ring (bicyclic) bond motifs is 1. The minimum absolute atomic E-state index is 0.163. The van der Waals surface area contributed by atoms with E-state index in [1.807, 2.05) is 19.2 Å². The van der Waals surface area contributed by atoms with Gasteiger partial charge in [0.15, 0.2) is 11.5 Å². The van der Waals surface area contributed by atoms with Gasteiger partial charge in [0.25, 0.3) is 5.56 Å². The number of nitrogens with zero attached hydrogens (tertiary/aromatic N) is 7. The minimum Gasteiger partial charge on any atom is -0.291 e. The van der Waals surface area contributed by atoms with Gasteiger partial charge in [0.05, 0.1) is 18.4 Å². The fourth-order valence-electron chi connectivity index (χ4n) is 3.10. The number of aromatic nitrogens is 7. The summed E-state index contributed by atoms with van der Waals surface area (Å²) in [4.78, 5) is 21.9. The minimum atomic E-state index is -0.163. The van der Waals surface area contributed by atoms with Gasteiger partial charge in [-0.1, -0.05) is 17.7 Å². The molecule has 136 valence electrons. The topological polar surface area (TPSA) is 83.4 Å². The quantitative estimate of drug-likeness (QED) is 0.541. The van der Waals surface area contributed by atoms with Gasteiger partial charge in [-0.15, -0.1) is 0 Å². The van der Waals surface area contributed by atoms with Crippen LogP contribution in [0, 0.1) is 0 Å². The highest BCUT2D eigenvalue weighted by molar-refractivity contribution is 6.30. The van der Waals surface area contributed by atoms with E-state index in [-0.39, 0.29) is 5.56 Å². The molecule has 1 aromatic carbocycles. The van der Waals surface area contributed by atoms with E-state index < -0.39 is 0 Å². The average molecular weight is 382 g/mol. The first-order valence-electron chi connectivity index (χ1n) is 8.69. The number of benzene rings is 1. The Morgan fingerprint density at radius 1 is 1.30 bits per heavy atom. The van der Waals surface area contributed by atoms with Crippen LogP contribution in [0.4, 0.5) is 0 Å². The predicted molar refractivity (Wildman–Crippen MR) is 100 cm³/mol. The first-order chi connectivity index (χ1) is 13.1. The van der Waals surface area contributed by atoms with Gasteiger partial charge in [-0.2, -0.15) is 10.2 Å². The molecule has 0 aliphatic heterocycles. The van der Waals surface area contributed by atoms with Crippen molar-refractivity contribution in [1.82, 2.24) is 34.1 Å². The van der Waals surface area contributed by atoms with Crippen LogP contribution in [0.2, 0.25) is 5.02 Å². The van der Waals surface area contributed by atoms with Crippen molar-refractivity contribution in [3.05, 3.63) is 63.8 Å². The Balaban J connectivity index is 1.54. The average Bonchev–Trinajstić information content (AvgIpc) is 3.31. The lowest BCUT2D eigenvalue weighted by molar-refractivity contribution is 0.635. The molecule has 1 aliphatic carbocycles. The van der Waals surface area contributed by atoms with Gasteiger partial charge in [-0.05, 0) is 31.0 Å². The Kier molecular flexibility index (Phi) is 3.61. The van der Waals surface area contributed by atoms with Crippen LogP contribution < -0.4 is 5.56 Å². The molecule has 8 nitrogen and oxygen atoms in total. The predicted octanol–water partition coefficient (Wildman–Crippen LogP) is 2.29. The summed E-state index contributed by atoms with van der Waals surface area (Å²) in [6.45, 7) is 0.320. The standard InChI is InChI=1S/C18H16ClN7O/c1-24-15(22-16(23-24)11-5-6-11)9-25-10-20-17-14(18(25)27)8-21-26(17)13-4-2-3-12(19)7-13/h2-4,7-8,10-11H,5-6,9H2,1H3. The summed E-state index contributed by atoms with van der Waals surface area (Å²) in [5, 5.41) is 9.81. The fourth-order valence-corrected chi connectivity index (χ4v) is 3.29. The largest absolute Gasteiger partial charge is 0.291 e. The van der Waals surface area contributed by atoms with Crippen LogP contribution in [-0.2, 0) is 13.6 Å². The normalized spacial score (nSPS) is 14.1. The van der Waals surface area contributed by atoms with Crippen LogP contribution in [0.1, 0.15) is 30.4 Å². The van der Waals surface area contributed by atoms with E-state index in [1.165, 1.54) is 17.1 Å². The summed E-state index contributed by atoms with van der Waals surface area (Å²) in [5.41, 5.74) is 1.09. The Morgan fingerprint density at radius 3 is 2.93 bits per heavy atom. The Bertz CT molecular complexity index is 1220. The zero-order chi connectivity index (χ0) is 18.5. The number of hydrogen-bond donors (Lipinski definition) is 0. The smallest absolute Gasteiger partial charge is 0.264 e. The van der Waals surface area contributed by atoms with Gasteiger partial charge in [0, 0.05) is 18.0 Å². The molecule has 1 fully saturated rings. The molecule has 27 heavy (non-hydrogen) atoms. The monoisotopic (exact) mass is 381 g/mol. The van der Waals surface area contributed by atoms with Crippen LogP contribution in [0.25, 0.3) is 16.7 Å². The molecular formula is C18H16ClN7O. The Hall–Kier alpha value is -3.00. The maximum Gasteiger partial charge on any atom is 0.264 e. The summed E-state index contributed by atoms with van der Waals surface area (Å²) in [5.74, 6) is 2.07. The first-order valence-corrected chi connectivity index (χ1v) is 9.07. The molecule has 4 aromatic rings. The van der Waals surface area contributed by atoms with Gasteiger partial charge < -0.3 is 0 Å². The lowest BCUT2D eigenvalue weighted by Gasteiger charge is -2.06. The molecule has 5 rings (SSSR count). The van der Waals surface area contributed by atoms with Crippen molar-refractivity contribution < 1.29 is 0 Å². The van der Waals surface area contributed by atoms with Crippen LogP contribution >= 0.6 is 11.6 Å². The zero-order valence-corrected chi connectivity index (χ0v) is 15.3. The second-order valence-electron chi connectivity index (χ2n) is 6.74. The molecule has 0 spiro atoms. The summed E-state index contributed by atoms with van der Waals surface area (Å²) in [7, 11) is 1.85. The lowest BCUT2D eigenvalue weighted by atomic mass is 10.3. The third-order valence-electron chi connectivity index (χ3n) is 4.73. The zero-order valence-electron chi connectivity index (χ0n) is 14.6. The van der Waals surface area contributed by atoms with Crippen molar-refractivity contribution in [3.63, 3.8) is 0 Å². The van der Waals surface area contributed by atoms with Crippen LogP contribution in [0.15, 0.2) is 41.6 Å². The Labute approximate surface area is 159 Å². The van der Waals surface area contributed by atoms with Crippen molar-refractivity contribution in [2.24, 2.45) is 7.05 Å². The van der Waals surface area contributed by atoms with Crippen molar-refractivity contribution in [3.8, 4) is 5.69 Å². The molecule has 0 atom stereocenters. The van der Waals surface area contributed by atoms with E-state index in [4.69, 9.17) is 11.6 Å². The number of halogens is 1. The van der Waals surface area contributed by atoms with Crippen LogP contribution in [0.3, 0.4) is 0 Å². The lowest BCUT2D eigenvalue weighted by Crippen LogP contribution is -2.22. The van der Waals surface area contributed by atoms with Gasteiger partial charge in [-0.3, -0.25) is 14.0 Å². The maximum atomic E-state index is 12.9. The van der Waals surface area contributed by atoms with Crippen molar-refractivity contribution in [2.75, 3.05) is 0 Å². The molecule has 0 amide bonds. The van der Waals surface area contributed by atoms with Crippen molar-refractivity contribution >= 4 is 22.6 Å². The molecule has 0 unspecified atom stereocenters. The van der Waals surface area contributed by atoms with Gasteiger partial charge >= 0.3 is 0 Å². The van der Waals surface area contributed by atoms with E-state index in [0.29, 0.717) is 28.5 Å². The van der Waals surface area contributed by atoms with Crippen molar-refractivity contribution in [1.29, 1.82) is 0 Å². The van der Waals surface area contributed by atoms with Crippen LogP contribution in [-0.4, -0.2) is 34.1 Å². The summed E-state index contributed by atoms with van der Waals surface area (Å²) in [6, 6.07) is 7.26. The number of rotatable bonds is 4. The molecule has 0 N–H and O–H groups in total. The first kappa shape index (κ1) is 16.2.